The van der Waals surface area contributed by atoms with Crippen LogP contribution in [0.4, 0.5) is 0 Å². The molecule has 2 rings (SSSR count). The van der Waals surface area contributed by atoms with Crippen LogP contribution >= 0.6 is 0 Å². The molecule has 0 bridgehead atoms. The van der Waals surface area contributed by atoms with Gasteiger partial charge in [-0.1, -0.05) is 36.9 Å². The molecule has 2 aromatic carbocycles. The molecule has 0 aliphatic rings. The number of benzene rings is 2. The molecule has 0 fully saturated rings. The predicted molar refractivity (Wildman–Crippen MR) is 88.5 cm³/mol. The van der Waals surface area contributed by atoms with Crippen molar-refractivity contribution in [1.82, 2.24) is 0 Å². The molecule has 0 N–H and O–H groups in total. The molecule has 0 saturated carbocycles. The first-order valence-electron chi connectivity index (χ1n) is 7.16. The Balaban J connectivity index is 1.85. The Morgan fingerprint density at radius 2 is 1.70 bits per heavy atom. The second kappa shape index (κ2) is 7.94. The fraction of sp³-hybridized carbons (Fsp3) is 0.158. The monoisotopic (exact) mass is 310 g/mol. The molecule has 0 radical (unpaired) electrons. The van der Waals surface area contributed by atoms with Crippen LogP contribution in [0.15, 0.2) is 55.1 Å². The number of methoxy groups -OCH3 is 1. The van der Waals surface area contributed by atoms with Crippen LogP contribution in [0.2, 0.25) is 0 Å². The van der Waals surface area contributed by atoms with E-state index in [1.807, 2.05) is 24.3 Å². The zero-order chi connectivity index (χ0) is 16.7. The zero-order valence-electron chi connectivity index (χ0n) is 13.0. The molecule has 0 aromatic heterocycles. The van der Waals surface area contributed by atoms with Gasteiger partial charge in [-0.15, -0.1) is 0 Å². The highest BCUT2D eigenvalue weighted by molar-refractivity contribution is 5.98. The lowest BCUT2D eigenvalue weighted by atomic mass is 10.1. The summed E-state index contributed by atoms with van der Waals surface area (Å²) in [6.07, 6.45) is 1.86. The van der Waals surface area contributed by atoms with Crippen LogP contribution in [-0.2, 0) is 16.0 Å². The molecular weight excluding hydrogens is 292 g/mol. The van der Waals surface area contributed by atoms with Gasteiger partial charge in [0.2, 0.25) is 0 Å². The molecule has 0 aliphatic heterocycles. The number of rotatable bonds is 7. The summed E-state index contributed by atoms with van der Waals surface area (Å²) in [7, 11) is 1.56. The SMILES string of the molecule is C=Cc1ccc(CC(=O)OCC(=O)c2ccc(OC)cc2)cc1. The van der Waals surface area contributed by atoms with Gasteiger partial charge in [0.1, 0.15) is 5.75 Å². The summed E-state index contributed by atoms with van der Waals surface area (Å²) in [6.45, 7) is 3.41. The maximum absolute atomic E-state index is 12.0. The number of ketones is 1. The van der Waals surface area contributed by atoms with E-state index in [0.717, 1.165) is 11.1 Å². The molecule has 0 spiro atoms. The van der Waals surface area contributed by atoms with Crippen LogP contribution in [0.3, 0.4) is 0 Å². The van der Waals surface area contributed by atoms with E-state index in [1.54, 1.807) is 37.5 Å². The molecular formula is C19H18O4. The van der Waals surface area contributed by atoms with Gasteiger partial charge in [0.05, 0.1) is 13.5 Å². The molecule has 0 aliphatic carbocycles. The molecule has 2 aromatic rings. The van der Waals surface area contributed by atoms with E-state index in [0.29, 0.717) is 11.3 Å². The first kappa shape index (κ1) is 16.5. The van der Waals surface area contributed by atoms with E-state index in [-0.39, 0.29) is 18.8 Å². The summed E-state index contributed by atoms with van der Waals surface area (Å²) in [5.74, 6) is -0.0114. The smallest absolute Gasteiger partial charge is 0.310 e. The molecule has 4 heteroatoms. The molecule has 23 heavy (non-hydrogen) atoms. The van der Waals surface area contributed by atoms with Gasteiger partial charge in [0.15, 0.2) is 12.4 Å². The lowest BCUT2D eigenvalue weighted by molar-refractivity contribution is -0.141. The van der Waals surface area contributed by atoms with Crippen molar-refractivity contribution in [3.63, 3.8) is 0 Å². The number of hydrogen-bond donors (Lipinski definition) is 0. The van der Waals surface area contributed by atoms with Crippen molar-refractivity contribution in [2.45, 2.75) is 6.42 Å². The van der Waals surface area contributed by atoms with Crippen LogP contribution < -0.4 is 4.74 Å². The van der Waals surface area contributed by atoms with Gasteiger partial charge in [-0.25, -0.2) is 0 Å². The molecule has 0 amide bonds. The number of ether oxygens (including phenoxy) is 2. The quantitative estimate of drug-likeness (QED) is 0.581. The Hall–Kier alpha value is -2.88. The minimum atomic E-state index is -0.432. The van der Waals surface area contributed by atoms with Gasteiger partial charge >= 0.3 is 5.97 Å². The number of hydrogen-bond acceptors (Lipinski definition) is 4. The number of carbonyl (C=O) groups excluding carboxylic acids is 2. The standard InChI is InChI=1S/C19H18O4/c1-3-14-4-6-15(7-5-14)12-19(21)23-13-18(20)16-8-10-17(22-2)11-9-16/h3-11H,1,12-13H2,2H3. The maximum atomic E-state index is 12.0. The van der Waals surface area contributed by atoms with E-state index in [2.05, 4.69) is 6.58 Å². The zero-order valence-corrected chi connectivity index (χ0v) is 13.0. The Morgan fingerprint density at radius 3 is 2.26 bits per heavy atom. The highest BCUT2D eigenvalue weighted by atomic mass is 16.5. The van der Waals surface area contributed by atoms with Crippen molar-refractivity contribution in [2.75, 3.05) is 13.7 Å². The van der Waals surface area contributed by atoms with Crippen LogP contribution in [0.25, 0.3) is 6.08 Å². The molecule has 0 unspecified atom stereocenters. The third kappa shape index (κ3) is 4.81. The van der Waals surface area contributed by atoms with Crippen molar-refractivity contribution in [2.24, 2.45) is 0 Å². The summed E-state index contributed by atoms with van der Waals surface area (Å²) >= 11 is 0. The van der Waals surface area contributed by atoms with Crippen molar-refractivity contribution in [1.29, 1.82) is 0 Å². The minimum absolute atomic E-state index is 0.132. The van der Waals surface area contributed by atoms with Crippen LogP contribution in [0.1, 0.15) is 21.5 Å². The summed E-state index contributed by atoms with van der Waals surface area (Å²) in [5.41, 5.74) is 2.29. The van der Waals surface area contributed by atoms with Gasteiger partial charge in [-0.3, -0.25) is 9.59 Å². The topological polar surface area (TPSA) is 52.6 Å². The molecule has 4 nitrogen and oxygen atoms in total. The highest BCUT2D eigenvalue weighted by Crippen LogP contribution is 2.12. The summed E-state index contributed by atoms with van der Waals surface area (Å²) < 4.78 is 10.1. The molecule has 0 saturated heterocycles. The Kier molecular flexibility index (Phi) is 5.69. The number of carbonyl (C=O) groups is 2. The third-order valence-electron chi connectivity index (χ3n) is 3.34. The van der Waals surface area contributed by atoms with Crippen LogP contribution in [-0.4, -0.2) is 25.5 Å². The summed E-state index contributed by atoms with van der Waals surface area (Å²) in [5, 5.41) is 0. The lowest BCUT2D eigenvalue weighted by Crippen LogP contribution is -2.15. The molecule has 0 atom stereocenters. The lowest BCUT2D eigenvalue weighted by Gasteiger charge is -2.06. The van der Waals surface area contributed by atoms with E-state index in [1.165, 1.54) is 0 Å². The van der Waals surface area contributed by atoms with Crippen molar-refractivity contribution >= 4 is 17.8 Å². The van der Waals surface area contributed by atoms with Gasteiger partial charge < -0.3 is 9.47 Å². The Morgan fingerprint density at radius 1 is 1.04 bits per heavy atom. The predicted octanol–water partition coefficient (Wildman–Crippen LogP) is 3.31. The first-order valence-corrected chi connectivity index (χ1v) is 7.16. The third-order valence-corrected chi connectivity index (χ3v) is 3.34. The second-order valence-electron chi connectivity index (χ2n) is 4.93. The largest absolute Gasteiger partial charge is 0.497 e. The van der Waals surface area contributed by atoms with Crippen molar-refractivity contribution < 1.29 is 19.1 Å². The van der Waals surface area contributed by atoms with E-state index in [9.17, 15) is 9.59 Å². The summed E-state index contributed by atoms with van der Waals surface area (Å²) in [4.78, 5) is 23.7. The highest BCUT2D eigenvalue weighted by Gasteiger charge is 2.10. The normalized spacial score (nSPS) is 9.96. The second-order valence-corrected chi connectivity index (χ2v) is 4.93. The van der Waals surface area contributed by atoms with Crippen LogP contribution in [0.5, 0.6) is 5.75 Å². The van der Waals surface area contributed by atoms with Crippen LogP contribution in [0, 0.1) is 0 Å². The average molecular weight is 310 g/mol. The molecule has 118 valence electrons. The summed E-state index contributed by atoms with van der Waals surface area (Å²) in [6, 6.07) is 14.1. The van der Waals surface area contributed by atoms with E-state index < -0.39 is 5.97 Å². The average Bonchev–Trinajstić information content (AvgIpc) is 2.60. The number of Topliss-reactive ketones (excluding diaryl/α,β-unsaturated/α-hetero) is 1. The van der Waals surface area contributed by atoms with E-state index >= 15 is 0 Å². The van der Waals surface area contributed by atoms with Gasteiger partial charge in [-0.05, 0) is 35.4 Å². The minimum Gasteiger partial charge on any atom is -0.497 e. The number of esters is 1. The van der Waals surface area contributed by atoms with Gasteiger partial charge in [0, 0.05) is 5.56 Å². The van der Waals surface area contributed by atoms with Gasteiger partial charge in [0.25, 0.3) is 0 Å². The van der Waals surface area contributed by atoms with Crippen molar-refractivity contribution in [3.05, 3.63) is 71.8 Å². The van der Waals surface area contributed by atoms with Crippen molar-refractivity contribution in [3.8, 4) is 5.75 Å². The Labute approximate surface area is 135 Å². The first-order chi connectivity index (χ1) is 11.1. The fourth-order valence-corrected chi connectivity index (χ4v) is 2.00. The molecule has 0 heterocycles. The Bertz CT molecular complexity index is 684. The fourth-order valence-electron chi connectivity index (χ4n) is 2.00. The van der Waals surface area contributed by atoms with Gasteiger partial charge in [-0.2, -0.15) is 0 Å². The maximum Gasteiger partial charge on any atom is 0.310 e. The van der Waals surface area contributed by atoms with E-state index in [4.69, 9.17) is 9.47 Å².